The van der Waals surface area contributed by atoms with Crippen LogP contribution in [0.15, 0.2) is 58.1 Å². The number of rotatable bonds is 12. The van der Waals surface area contributed by atoms with Crippen molar-refractivity contribution in [1.29, 1.82) is 0 Å². The molecule has 0 atom stereocenters. The van der Waals surface area contributed by atoms with Crippen molar-refractivity contribution in [2.24, 2.45) is 0 Å². The molecule has 0 saturated carbocycles. The largest absolute Gasteiger partial charge is 0.493 e. The van der Waals surface area contributed by atoms with Crippen LogP contribution in [0.25, 0.3) is 10.9 Å². The van der Waals surface area contributed by atoms with E-state index in [1.165, 1.54) is 29.9 Å². The van der Waals surface area contributed by atoms with E-state index >= 15 is 4.39 Å². The number of carbonyl (C=O) groups is 1. The number of fused-ring (bicyclic) bond motifs is 1. The Morgan fingerprint density at radius 1 is 0.978 bits per heavy atom. The van der Waals surface area contributed by atoms with Gasteiger partial charge in [-0.05, 0) is 48.7 Å². The molecule has 1 amide bonds. The Hall–Kier alpha value is -4.52. The molecule has 14 heteroatoms. The third-order valence-electron chi connectivity index (χ3n) is 7.84. The number of methoxy groups -OCH3 is 1. The van der Waals surface area contributed by atoms with Crippen molar-refractivity contribution in [3.05, 3.63) is 97.2 Å². The zero-order valence-corrected chi connectivity index (χ0v) is 25.4. The number of alkyl halides is 2. The number of amides is 1. The van der Waals surface area contributed by atoms with Gasteiger partial charge in [0.05, 0.1) is 29.6 Å². The van der Waals surface area contributed by atoms with Gasteiger partial charge in [0.25, 0.3) is 5.56 Å². The van der Waals surface area contributed by atoms with Gasteiger partial charge < -0.3 is 19.1 Å². The number of likely N-dealkylation sites (tertiary alicyclic amines) is 1. The molecular weight excluding hydrogens is 634 g/mol. The van der Waals surface area contributed by atoms with E-state index in [0.717, 1.165) is 16.7 Å². The first kappa shape index (κ1) is 32.9. The van der Waals surface area contributed by atoms with Crippen LogP contribution in [0.2, 0.25) is 5.02 Å². The number of hydrogen-bond donors (Lipinski definition) is 0. The molecule has 0 aliphatic carbocycles. The molecule has 1 saturated heterocycles. The van der Waals surface area contributed by atoms with Crippen LogP contribution in [-0.2, 0) is 17.9 Å². The molecule has 4 aromatic rings. The van der Waals surface area contributed by atoms with Crippen molar-refractivity contribution in [2.45, 2.75) is 38.1 Å². The van der Waals surface area contributed by atoms with Gasteiger partial charge in [-0.3, -0.25) is 18.7 Å². The fraction of sp³-hybridized carbons (Fsp3) is 0.344. The van der Waals surface area contributed by atoms with Crippen molar-refractivity contribution in [3.63, 3.8) is 0 Å². The third-order valence-corrected chi connectivity index (χ3v) is 8.19. The summed E-state index contributed by atoms with van der Waals surface area (Å²) < 4.78 is 73.7. The zero-order chi connectivity index (χ0) is 33.0. The lowest BCUT2D eigenvalue weighted by Crippen LogP contribution is -2.44. The first-order valence-corrected chi connectivity index (χ1v) is 14.7. The van der Waals surface area contributed by atoms with Crippen LogP contribution in [0, 0.1) is 11.6 Å². The molecule has 5 rings (SSSR count). The maximum Gasteiger partial charge on any atom is 0.332 e. The molecule has 2 heterocycles. The van der Waals surface area contributed by atoms with Crippen LogP contribution < -0.4 is 25.5 Å². The van der Waals surface area contributed by atoms with E-state index in [4.69, 9.17) is 25.8 Å². The van der Waals surface area contributed by atoms with Crippen molar-refractivity contribution < 1.29 is 36.6 Å². The van der Waals surface area contributed by atoms with Gasteiger partial charge in [-0.1, -0.05) is 23.7 Å². The summed E-state index contributed by atoms with van der Waals surface area (Å²) in [5, 5.41) is 0.103. The number of piperidine rings is 1. The molecule has 3 aromatic carbocycles. The van der Waals surface area contributed by atoms with Crippen LogP contribution in [-0.4, -0.2) is 60.1 Å². The summed E-state index contributed by atoms with van der Waals surface area (Å²) in [6.45, 7) is -1.94. The van der Waals surface area contributed by atoms with Gasteiger partial charge in [-0.15, -0.1) is 0 Å². The summed E-state index contributed by atoms with van der Waals surface area (Å²) in [5.41, 5.74) is -0.447. The van der Waals surface area contributed by atoms with Gasteiger partial charge in [-0.2, -0.15) is 0 Å². The van der Waals surface area contributed by atoms with Gasteiger partial charge in [0, 0.05) is 30.8 Å². The summed E-state index contributed by atoms with van der Waals surface area (Å²) in [5.74, 6) is -1.39. The van der Waals surface area contributed by atoms with E-state index < -0.39 is 54.1 Å². The summed E-state index contributed by atoms with van der Waals surface area (Å²) in [6.07, 6.45) is -0.117. The minimum absolute atomic E-state index is 0.00141. The van der Waals surface area contributed by atoms with Gasteiger partial charge in [0.2, 0.25) is 6.41 Å². The Morgan fingerprint density at radius 2 is 1.72 bits per heavy atom. The Labute approximate surface area is 265 Å². The van der Waals surface area contributed by atoms with Gasteiger partial charge in [0.15, 0.2) is 29.2 Å². The van der Waals surface area contributed by atoms with Crippen LogP contribution >= 0.6 is 11.6 Å². The Bertz CT molecular complexity index is 1850. The van der Waals surface area contributed by atoms with Crippen LogP contribution in [0.3, 0.4) is 0 Å². The Balaban J connectivity index is 1.54. The average molecular weight is 664 g/mol. The number of nitrogens with zero attached hydrogens (tertiary/aromatic N) is 3. The zero-order valence-electron chi connectivity index (χ0n) is 24.7. The van der Waals surface area contributed by atoms with Crippen LogP contribution in [0.4, 0.5) is 17.6 Å². The van der Waals surface area contributed by atoms with Crippen molar-refractivity contribution in [3.8, 4) is 17.2 Å². The first-order chi connectivity index (χ1) is 22.2. The normalized spacial score (nSPS) is 13.8. The number of aromatic nitrogens is 2. The standard InChI is InChI=1S/C32H30ClF4N3O6/c1-44-30-10-19(2-5-28(30)45-17-20-3-4-21(36)11-25(20)33)16-39-31(42)24-12-29(46-23(14-34)15-35)26(37)13-27(24)40(32(39)43)22-6-8-38(18-41)9-7-22/h2-5,10-13,18,22-23H,6-9,14-17H2,1H3. The van der Waals surface area contributed by atoms with Gasteiger partial charge in [-0.25, -0.2) is 22.4 Å². The van der Waals surface area contributed by atoms with Crippen molar-refractivity contribution in [2.75, 3.05) is 33.5 Å². The maximum absolute atomic E-state index is 15.2. The summed E-state index contributed by atoms with van der Waals surface area (Å²) in [7, 11) is 1.41. The van der Waals surface area contributed by atoms with Gasteiger partial charge >= 0.3 is 5.69 Å². The van der Waals surface area contributed by atoms with Crippen LogP contribution in [0.1, 0.15) is 30.0 Å². The molecule has 0 unspecified atom stereocenters. The first-order valence-electron chi connectivity index (χ1n) is 14.4. The molecule has 1 aromatic heterocycles. The van der Waals surface area contributed by atoms with E-state index in [0.29, 0.717) is 49.2 Å². The second kappa shape index (κ2) is 14.3. The number of ether oxygens (including phenoxy) is 3. The molecule has 0 bridgehead atoms. The van der Waals surface area contributed by atoms with Gasteiger partial charge in [0.1, 0.15) is 25.8 Å². The quantitative estimate of drug-likeness (QED) is 0.153. The highest BCUT2D eigenvalue weighted by Crippen LogP contribution is 2.31. The highest BCUT2D eigenvalue weighted by atomic mass is 35.5. The third kappa shape index (κ3) is 6.84. The monoisotopic (exact) mass is 663 g/mol. The predicted molar refractivity (Wildman–Crippen MR) is 163 cm³/mol. The molecule has 0 spiro atoms. The summed E-state index contributed by atoms with van der Waals surface area (Å²) in [6, 6.07) is 10.2. The molecule has 1 aliphatic heterocycles. The van der Waals surface area contributed by atoms with E-state index in [2.05, 4.69) is 0 Å². The van der Waals surface area contributed by atoms with E-state index in [9.17, 15) is 27.6 Å². The molecule has 1 aliphatic rings. The molecule has 1 fully saturated rings. The molecule has 0 N–H and O–H groups in total. The number of carbonyl (C=O) groups excluding carboxylic acids is 1. The Morgan fingerprint density at radius 3 is 2.37 bits per heavy atom. The SMILES string of the molecule is COc1cc(Cn2c(=O)c3cc(OC(CF)CF)c(F)cc3n(C3CCN(C=O)CC3)c2=O)ccc1OCc1ccc(F)cc1Cl. The second-order valence-electron chi connectivity index (χ2n) is 10.8. The molecule has 244 valence electrons. The highest BCUT2D eigenvalue weighted by molar-refractivity contribution is 6.31. The highest BCUT2D eigenvalue weighted by Gasteiger charge is 2.26. The minimum atomic E-state index is -1.57. The van der Waals surface area contributed by atoms with E-state index in [1.54, 1.807) is 23.1 Å². The maximum atomic E-state index is 15.2. The van der Waals surface area contributed by atoms with Crippen molar-refractivity contribution in [1.82, 2.24) is 14.0 Å². The molecule has 0 radical (unpaired) electrons. The lowest BCUT2D eigenvalue weighted by atomic mass is 10.0. The smallest absolute Gasteiger partial charge is 0.332 e. The lowest BCUT2D eigenvalue weighted by Gasteiger charge is -2.31. The average Bonchev–Trinajstić information content (AvgIpc) is 3.06. The van der Waals surface area contributed by atoms with Crippen LogP contribution in [0.5, 0.6) is 17.2 Å². The second-order valence-corrected chi connectivity index (χ2v) is 11.2. The Kier molecular flexibility index (Phi) is 10.2. The van der Waals surface area contributed by atoms with E-state index in [-0.39, 0.29) is 34.8 Å². The lowest BCUT2D eigenvalue weighted by molar-refractivity contribution is -0.119. The summed E-state index contributed by atoms with van der Waals surface area (Å²) >= 11 is 6.10. The number of benzene rings is 3. The number of hydrogen-bond acceptors (Lipinski definition) is 6. The fourth-order valence-corrected chi connectivity index (χ4v) is 5.62. The summed E-state index contributed by atoms with van der Waals surface area (Å²) in [4.78, 5) is 40.6. The van der Waals surface area contributed by atoms with Crippen molar-refractivity contribution >= 4 is 28.9 Å². The minimum Gasteiger partial charge on any atom is -0.493 e. The number of halogens is 5. The van der Waals surface area contributed by atoms with E-state index in [1.807, 2.05) is 0 Å². The fourth-order valence-electron chi connectivity index (χ4n) is 5.40. The predicted octanol–water partition coefficient (Wildman–Crippen LogP) is 5.21. The molecule has 9 nitrogen and oxygen atoms in total. The molecule has 46 heavy (non-hydrogen) atoms. The molecular formula is C32H30ClF4N3O6. The topological polar surface area (TPSA) is 92.0 Å².